The van der Waals surface area contributed by atoms with Crippen molar-refractivity contribution >= 4 is 5.97 Å². The molecule has 4 nitrogen and oxygen atoms in total. The van der Waals surface area contributed by atoms with Gasteiger partial charge in [0, 0.05) is 13.6 Å². The van der Waals surface area contributed by atoms with Crippen LogP contribution in [0.2, 0.25) is 0 Å². The highest BCUT2D eigenvalue weighted by molar-refractivity contribution is 5.76. The normalized spacial score (nSPS) is 32.3. The summed E-state index contributed by atoms with van der Waals surface area (Å²) in [6.07, 6.45) is 0. The van der Waals surface area contributed by atoms with E-state index in [0.717, 1.165) is 0 Å². The monoisotopic (exact) mass is 159 g/mol. The number of rotatable bonds is 1. The topological polar surface area (TPSA) is 38.8 Å². The standard InChI is InChI=1S/C7H13NO3/c1-7(6(9)10-3)4-8(2)11-5-7/h4-5H2,1-3H3. The van der Waals surface area contributed by atoms with Crippen LogP contribution >= 0.6 is 0 Å². The summed E-state index contributed by atoms with van der Waals surface area (Å²) in [6, 6.07) is 0. The number of hydrogen-bond acceptors (Lipinski definition) is 4. The van der Waals surface area contributed by atoms with Crippen LogP contribution in [0.3, 0.4) is 0 Å². The molecule has 0 aliphatic carbocycles. The first-order chi connectivity index (χ1) is 5.08. The minimum absolute atomic E-state index is 0.207. The van der Waals surface area contributed by atoms with Gasteiger partial charge in [0.05, 0.1) is 13.7 Å². The van der Waals surface area contributed by atoms with Crippen LogP contribution in [-0.4, -0.2) is 38.3 Å². The van der Waals surface area contributed by atoms with E-state index in [2.05, 4.69) is 4.74 Å². The van der Waals surface area contributed by atoms with Crippen molar-refractivity contribution in [2.75, 3.05) is 27.3 Å². The highest BCUT2D eigenvalue weighted by atomic mass is 16.7. The second kappa shape index (κ2) is 2.79. The van der Waals surface area contributed by atoms with Gasteiger partial charge in [-0.1, -0.05) is 0 Å². The molecular weight excluding hydrogens is 146 g/mol. The Morgan fingerprint density at radius 2 is 2.36 bits per heavy atom. The molecule has 0 bridgehead atoms. The van der Waals surface area contributed by atoms with E-state index in [0.29, 0.717) is 13.2 Å². The van der Waals surface area contributed by atoms with Crippen molar-refractivity contribution in [3.05, 3.63) is 0 Å². The first kappa shape index (κ1) is 8.49. The van der Waals surface area contributed by atoms with E-state index in [1.807, 2.05) is 6.92 Å². The third-order valence-corrected chi connectivity index (χ3v) is 1.85. The molecule has 0 N–H and O–H groups in total. The van der Waals surface area contributed by atoms with Gasteiger partial charge in [0.15, 0.2) is 0 Å². The average molecular weight is 159 g/mol. The summed E-state index contributed by atoms with van der Waals surface area (Å²) in [7, 11) is 3.19. The summed E-state index contributed by atoms with van der Waals surface area (Å²) in [5.74, 6) is -0.207. The average Bonchev–Trinajstić information content (AvgIpc) is 2.31. The number of hydroxylamine groups is 2. The number of hydrogen-bond donors (Lipinski definition) is 0. The molecule has 1 fully saturated rings. The molecule has 0 amide bonds. The minimum atomic E-state index is -0.483. The van der Waals surface area contributed by atoms with Crippen molar-refractivity contribution in [2.24, 2.45) is 5.41 Å². The van der Waals surface area contributed by atoms with E-state index >= 15 is 0 Å². The maximum Gasteiger partial charge on any atom is 0.315 e. The Kier molecular flexibility index (Phi) is 2.15. The molecule has 0 spiro atoms. The van der Waals surface area contributed by atoms with E-state index in [1.54, 1.807) is 12.1 Å². The molecule has 0 aromatic rings. The zero-order chi connectivity index (χ0) is 8.48. The van der Waals surface area contributed by atoms with Crippen LogP contribution in [0.25, 0.3) is 0 Å². The molecule has 11 heavy (non-hydrogen) atoms. The summed E-state index contributed by atoms with van der Waals surface area (Å²) >= 11 is 0. The van der Waals surface area contributed by atoms with Gasteiger partial charge in [0.1, 0.15) is 5.41 Å². The van der Waals surface area contributed by atoms with Crippen LogP contribution in [0, 0.1) is 5.41 Å². The second-order valence-corrected chi connectivity index (χ2v) is 3.11. The fourth-order valence-electron chi connectivity index (χ4n) is 1.21. The Morgan fingerprint density at radius 1 is 1.73 bits per heavy atom. The smallest absolute Gasteiger partial charge is 0.315 e. The van der Waals surface area contributed by atoms with E-state index in [1.165, 1.54) is 7.11 Å². The fourth-order valence-corrected chi connectivity index (χ4v) is 1.21. The molecule has 0 aromatic heterocycles. The Hall–Kier alpha value is -0.610. The lowest BCUT2D eigenvalue weighted by Gasteiger charge is -2.16. The van der Waals surface area contributed by atoms with Crippen molar-refractivity contribution in [3.63, 3.8) is 0 Å². The molecule has 1 aliphatic rings. The van der Waals surface area contributed by atoms with E-state index in [-0.39, 0.29) is 5.97 Å². The number of carbonyl (C=O) groups is 1. The summed E-state index contributed by atoms with van der Waals surface area (Å²) in [6.45, 7) is 2.85. The first-order valence-electron chi connectivity index (χ1n) is 3.51. The zero-order valence-corrected chi connectivity index (χ0v) is 7.09. The van der Waals surface area contributed by atoms with Gasteiger partial charge in [0.2, 0.25) is 0 Å². The molecule has 4 heteroatoms. The Labute approximate surface area is 66.0 Å². The SMILES string of the molecule is COC(=O)C1(C)CON(C)C1. The van der Waals surface area contributed by atoms with Gasteiger partial charge in [0.25, 0.3) is 0 Å². The van der Waals surface area contributed by atoms with E-state index < -0.39 is 5.41 Å². The molecule has 1 unspecified atom stereocenters. The zero-order valence-electron chi connectivity index (χ0n) is 7.09. The lowest BCUT2D eigenvalue weighted by molar-refractivity contribution is -0.151. The van der Waals surface area contributed by atoms with Crippen LogP contribution in [0.4, 0.5) is 0 Å². The van der Waals surface area contributed by atoms with Gasteiger partial charge in [-0.25, -0.2) is 0 Å². The Morgan fingerprint density at radius 3 is 2.73 bits per heavy atom. The molecule has 1 aliphatic heterocycles. The summed E-state index contributed by atoms with van der Waals surface area (Å²) in [5, 5.41) is 1.65. The molecule has 1 atom stereocenters. The van der Waals surface area contributed by atoms with Crippen molar-refractivity contribution in [1.82, 2.24) is 5.06 Å². The molecule has 0 radical (unpaired) electrons. The molecule has 1 rings (SSSR count). The third kappa shape index (κ3) is 1.52. The number of esters is 1. The molecule has 1 saturated heterocycles. The van der Waals surface area contributed by atoms with Crippen LogP contribution in [0.5, 0.6) is 0 Å². The third-order valence-electron chi connectivity index (χ3n) is 1.85. The lowest BCUT2D eigenvalue weighted by Crippen LogP contribution is -2.33. The van der Waals surface area contributed by atoms with Crippen LogP contribution in [0.1, 0.15) is 6.92 Å². The first-order valence-corrected chi connectivity index (χ1v) is 3.51. The maximum atomic E-state index is 11.2. The Balaban J connectivity index is 2.61. The molecule has 0 saturated carbocycles. The summed E-state index contributed by atoms with van der Waals surface area (Å²) < 4.78 is 4.64. The number of ether oxygens (including phenoxy) is 1. The van der Waals surface area contributed by atoms with Crippen LogP contribution < -0.4 is 0 Å². The summed E-state index contributed by atoms with van der Waals surface area (Å²) in [4.78, 5) is 16.3. The van der Waals surface area contributed by atoms with Crippen LogP contribution in [0.15, 0.2) is 0 Å². The van der Waals surface area contributed by atoms with Gasteiger partial charge < -0.3 is 4.74 Å². The van der Waals surface area contributed by atoms with Gasteiger partial charge >= 0.3 is 5.97 Å². The number of nitrogens with zero attached hydrogens (tertiary/aromatic N) is 1. The van der Waals surface area contributed by atoms with Crippen molar-refractivity contribution in [1.29, 1.82) is 0 Å². The van der Waals surface area contributed by atoms with Crippen molar-refractivity contribution in [2.45, 2.75) is 6.92 Å². The minimum Gasteiger partial charge on any atom is -0.468 e. The van der Waals surface area contributed by atoms with Gasteiger partial charge in [-0.05, 0) is 6.92 Å². The van der Waals surface area contributed by atoms with E-state index in [9.17, 15) is 4.79 Å². The van der Waals surface area contributed by atoms with Gasteiger partial charge in [-0.2, -0.15) is 5.06 Å². The maximum absolute atomic E-state index is 11.2. The second-order valence-electron chi connectivity index (χ2n) is 3.11. The quantitative estimate of drug-likeness (QED) is 0.506. The predicted octanol–water partition coefficient (Wildman–Crippen LogP) is 0.0427. The lowest BCUT2D eigenvalue weighted by atomic mass is 9.93. The molecule has 64 valence electrons. The van der Waals surface area contributed by atoms with Crippen LogP contribution in [-0.2, 0) is 14.4 Å². The highest BCUT2D eigenvalue weighted by Crippen LogP contribution is 2.25. The van der Waals surface area contributed by atoms with Crippen molar-refractivity contribution in [3.8, 4) is 0 Å². The number of methoxy groups -OCH3 is 1. The molecular formula is C7H13NO3. The molecule has 0 aromatic carbocycles. The van der Waals surface area contributed by atoms with Crippen molar-refractivity contribution < 1.29 is 14.4 Å². The number of carbonyl (C=O) groups excluding carboxylic acids is 1. The molecule has 1 heterocycles. The van der Waals surface area contributed by atoms with Gasteiger partial charge in [-0.15, -0.1) is 0 Å². The predicted molar refractivity (Wildman–Crippen MR) is 38.7 cm³/mol. The Bertz CT molecular complexity index is 171. The fraction of sp³-hybridized carbons (Fsp3) is 0.857. The van der Waals surface area contributed by atoms with E-state index in [4.69, 9.17) is 4.84 Å². The largest absolute Gasteiger partial charge is 0.468 e. The van der Waals surface area contributed by atoms with Gasteiger partial charge in [-0.3, -0.25) is 9.63 Å². The summed E-state index contributed by atoms with van der Waals surface area (Å²) in [5.41, 5.74) is -0.483. The highest BCUT2D eigenvalue weighted by Gasteiger charge is 2.41.